The van der Waals surface area contributed by atoms with Gasteiger partial charge in [-0.1, -0.05) is 12.1 Å². The zero-order chi connectivity index (χ0) is 16.4. The number of hydrogen-bond acceptors (Lipinski definition) is 4. The van der Waals surface area contributed by atoms with Crippen LogP contribution >= 0.6 is 11.6 Å². The van der Waals surface area contributed by atoms with Crippen molar-refractivity contribution in [2.45, 2.75) is 32.0 Å². The van der Waals surface area contributed by atoms with E-state index in [-0.39, 0.29) is 24.1 Å². The second-order valence-electron chi connectivity index (χ2n) is 5.76. The Kier molecular flexibility index (Phi) is 4.63. The molecule has 3 rings (SSSR count). The van der Waals surface area contributed by atoms with Crippen LogP contribution in [-0.4, -0.2) is 41.1 Å². The zero-order valence-electron chi connectivity index (χ0n) is 12.6. The van der Waals surface area contributed by atoms with E-state index in [0.29, 0.717) is 31.0 Å². The highest BCUT2D eigenvalue weighted by Crippen LogP contribution is 2.28. The van der Waals surface area contributed by atoms with Crippen LogP contribution in [0.25, 0.3) is 0 Å². The summed E-state index contributed by atoms with van der Waals surface area (Å²) >= 11 is 5.63. The van der Waals surface area contributed by atoms with Crippen molar-refractivity contribution in [2.24, 2.45) is 0 Å². The predicted octanol–water partition coefficient (Wildman–Crippen LogP) is 0.776. The van der Waals surface area contributed by atoms with Crippen molar-refractivity contribution in [1.82, 2.24) is 15.5 Å². The lowest BCUT2D eigenvalue weighted by Crippen LogP contribution is -2.52. The van der Waals surface area contributed by atoms with E-state index in [4.69, 9.17) is 11.6 Å². The molecule has 0 aliphatic carbocycles. The van der Waals surface area contributed by atoms with Crippen molar-refractivity contribution in [3.05, 3.63) is 34.9 Å². The molecule has 0 spiro atoms. The topological polar surface area (TPSA) is 78.5 Å². The molecular weight excluding hydrogens is 318 g/mol. The summed E-state index contributed by atoms with van der Waals surface area (Å²) in [6.07, 6.45) is 0.651. The number of imide groups is 1. The highest BCUT2D eigenvalue weighted by molar-refractivity contribution is 6.18. The molecule has 2 N–H and O–H groups in total. The monoisotopic (exact) mass is 335 g/mol. The SMILES string of the molecule is O=C1CCC(N2Cc3cc(CNCCCl)ccc3C2=O)C(=O)N1. The summed E-state index contributed by atoms with van der Waals surface area (Å²) in [5.74, 6) is -0.253. The molecule has 0 radical (unpaired) electrons. The number of rotatable bonds is 5. The number of nitrogens with one attached hydrogen (secondary N) is 2. The first kappa shape index (κ1) is 16.0. The Labute approximate surface area is 139 Å². The summed E-state index contributed by atoms with van der Waals surface area (Å²) in [4.78, 5) is 37.3. The van der Waals surface area contributed by atoms with Crippen molar-refractivity contribution in [2.75, 3.05) is 12.4 Å². The number of fused-ring (bicyclic) bond motifs is 1. The third kappa shape index (κ3) is 3.23. The molecule has 0 bridgehead atoms. The summed E-state index contributed by atoms with van der Waals surface area (Å²) in [5.41, 5.74) is 2.63. The van der Waals surface area contributed by atoms with Gasteiger partial charge in [0.15, 0.2) is 0 Å². The minimum atomic E-state index is -0.564. The van der Waals surface area contributed by atoms with E-state index in [1.807, 2.05) is 12.1 Å². The lowest BCUT2D eigenvalue weighted by molar-refractivity contribution is -0.136. The molecular formula is C16H18ClN3O3. The molecule has 3 amide bonds. The largest absolute Gasteiger partial charge is 0.322 e. The number of carbonyl (C=O) groups excluding carboxylic acids is 3. The third-order valence-electron chi connectivity index (χ3n) is 4.19. The number of carbonyl (C=O) groups is 3. The number of halogens is 1. The Morgan fingerprint density at radius 3 is 2.87 bits per heavy atom. The van der Waals surface area contributed by atoms with Crippen molar-refractivity contribution in [3.8, 4) is 0 Å². The van der Waals surface area contributed by atoms with Gasteiger partial charge < -0.3 is 10.2 Å². The Morgan fingerprint density at radius 1 is 1.30 bits per heavy atom. The average molecular weight is 336 g/mol. The van der Waals surface area contributed by atoms with E-state index < -0.39 is 6.04 Å². The van der Waals surface area contributed by atoms with Gasteiger partial charge in [-0.25, -0.2) is 0 Å². The second-order valence-corrected chi connectivity index (χ2v) is 6.14. The first-order valence-corrected chi connectivity index (χ1v) is 8.16. The molecule has 0 saturated carbocycles. The highest BCUT2D eigenvalue weighted by atomic mass is 35.5. The van der Waals surface area contributed by atoms with Crippen LogP contribution in [0.4, 0.5) is 0 Å². The van der Waals surface area contributed by atoms with Gasteiger partial charge in [0.05, 0.1) is 0 Å². The fourth-order valence-electron chi connectivity index (χ4n) is 3.04. The Balaban J connectivity index is 1.73. The molecule has 2 heterocycles. The van der Waals surface area contributed by atoms with Crippen molar-refractivity contribution >= 4 is 29.3 Å². The van der Waals surface area contributed by atoms with Gasteiger partial charge >= 0.3 is 0 Å². The van der Waals surface area contributed by atoms with Gasteiger partial charge in [0.25, 0.3) is 5.91 Å². The fraction of sp³-hybridized carbons (Fsp3) is 0.438. The first-order chi connectivity index (χ1) is 11.1. The van der Waals surface area contributed by atoms with Crippen LogP contribution in [0.5, 0.6) is 0 Å². The molecule has 1 unspecified atom stereocenters. The Bertz CT molecular complexity index is 662. The maximum atomic E-state index is 12.5. The van der Waals surface area contributed by atoms with E-state index in [9.17, 15) is 14.4 Å². The Hall–Kier alpha value is -1.92. The minimum absolute atomic E-state index is 0.144. The van der Waals surface area contributed by atoms with Gasteiger partial charge in [0.1, 0.15) is 6.04 Å². The first-order valence-electron chi connectivity index (χ1n) is 7.63. The lowest BCUT2D eigenvalue weighted by Gasteiger charge is -2.29. The molecule has 1 fully saturated rings. The predicted molar refractivity (Wildman–Crippen MR) is 84.9 cm³/mol. The number of amides is 3. The molecule has 7 heteroatoms. The summed E-state index contributed by atoms with van der Waals surface area (Å²) in [5, 5.41) is 5.51. The summed E-state index contributed by atoms with van der Waals surface area (Å²) < 4.78 is 0. The maximum absolute atomic E-state index is 12.5. The number of piperidine rings is 1. The summed E-state index contributed by atoms with van der Waals surface area (Å²) in [6, 6.07) is 5.14. The Morgan fingerprint density at radius 2 is 2.13 bits per heavy atom. The lowest BCUT2D eigenvalue weighted by atomic mass is 10.0. The number of nitrogens with zero attached hydrogens (tertiary/aromatic N) is 1. The van der Waals surface area contributed by atoms with Gasteiger partial charge in [-0.05, 0) is 23.6 Å². The van der Waals surface area contributed by atoms with Crippen molar-refractivity contribution < 1.29 is 14.4 Å². The number of benzene rings is 1. The molecule has 122 valence electrons. The molecule has 2 aliphatic heterocycles. The molecule has 6 nitrogen and oxygen atoms in total. The molecule has 1 saturated heterocycles. The molecule has 23 heavy (non-hydrogen) atoms. The number of alkyl halides is 1. The van der Waals surface area contributed by atoms with Crippen LogP contribution in [0.15, 0.2) is 18.2 Å². The summed E-state index contributed by atoms with van der Waals surface area (Å²) in [6.45, 7) is 1.82. The minimum Gasteiger partial charge on any atom is -0.322 e. The van der Waals surface area contributed by atoms with E-state index in [0.717, 1.165) is 17.7 Å². The van der Waals surface area contributed by atoms with Gasteiger partial charge in [-0.15, -0.1) is 11.6 Å². The van der Waals surface area contributed by atoms with Crippen LogP contribution in [0.3, 0.4) is 0 Å². The standard InChI is InChI=1S/C16H18ClN3O3/c17-5-6-18-8-10-1-2-12-11(7-10)9-20(16(12)23)13-3-4-14(21)19-15(13)22/h1-2,7,13,18H,3-6,8-9H2,(H,19,21,22). The van der Waals surface area contributed by atoms with E-state index >= 15 is 0 Å². The van der Waals surface area contributed by atoms with Crippen LogP contribution in [0.2, 0.25) is 0 Å². The average Bonchev–Trinajstić information content (AvgIpc) is 2.84. The van der Waals surface area contributed by atoms with E-state index in [2.05, 4.69) is 10.6 Å². The van der Waals surface area contributed by atoms with Crippen LogP contribution in [0.1, 0.15) is 34.3 Å². The number of hydrogen-bond donors (Lipinski definition) is 2. The third-order valence-corrected chi connectivity index (χ3v) is 4.38. The fourth-order valence-corrected chi connectivity index (χ4v) is 3.17. The summed E-state index contributed by atoms with van der Waals surface area (Å²) in [7, 11) is 0. The van der Waals surface area contributed by atoms with Crippen LogP contribution < -0.4 is 10.6 Å². The van der Waals surface area contributed by atoms with Gasteiger partial charge in [0, 0.05) is 37.5 Å². The molecule has 2 aliphatic rings. The van der Waals surface area contributed by atoms with Crippen molar-refractivity contribution in [3.63, 3.8) is 0 Å². The second kappa shape index (κ2) is 6.68. The zero-order valence-corrected chi connectivity index (χ0v) is 13.4. The smallest absolute Gasteiger partial charge is 0.255 e. The maximum Gasteiger partial charge on any atom is 0.255 e. The quantitative estimate of drug-likeness (QED) is 0.473. The molecule has 1 aromatic rings. The van der Waals surface area contributed by atoms with E-state index in [1.54, 1.807) is 11.0 Å². The van der Waals surface area contributed by atoms with Crippen LogP contribution in [-0.2, 0) is 22.7 Å². The van der Waals surface area contributed by atoms with Gasteiger partial charge in [0.2, 0.25) is 11.8 Å². The van der Waals surface area contributed by atoms with Crippen LogP contribution in [0, 0.1) is 0 Å². The van der Waals surface area contributed by atoms with Crippen molar-refractivity contribution in [1.29, 1.82) is 0 Å². The van der Waals surface area contributed by atoms with Gasteiger partial charge in [-0.2, -0.15) is 0 Å². The molecule has 0 aromatic heterocycles. The molecule has 1 aromatic carbocycles. The normalized spacial score (nSPS) is 20.7. The van der Waals surface area contributed by atoms with Gasteiger partial charge in [-0.3, -0.25) is 19.7 Å². The molecule has 1 atom stereocenters. The van der Waals surface area contributed by atoms with E-state index in [1.165, 1.54) is 0 Å². The highest BCUT2D eigenvalue weighted by Gasteiger charge is 2.38.